The molecule has 8 heteroatoms. The second kappa shape index (κ2) is 5.71. The SMILES string of the molecule is CC(=NNC(=O)Cn1nnc(N)n1)c1ccccc1. The van der Waals surface area contributed by atoms with Gasteiger partial charge in [-0.15, -0.1) is 5.10 Å². The fraction of sp³-hybridized carbons (Fsp3) is 0.182. The molecule has 3 N–H and O–H groups in total. The fourth-order valence-electron chi connectivity index (χ4n) is 1.38. The fourth-order valence-corrected chi connectivity index (χ4v) is 1.38. The average molecular weight is 259 g/mol. The number of nitrogens with two attached hydrogens (primary N) is 1. The molecule has 19 heavy (non-hydrogen) atoms. The number of hydrogen-bond donors (Lipinski definition) is 2. The number of benzene rings is 1. The van der Waals surface area contributed by atoms with Crippen LogP contribution in [-0.4, -0.2) is 31.8 Å². The van der Waals surface area contributed by atoms with Crippen molar-refractivity contribution >= 4 is 17.6 Å². The second-order valence-electron chi connectivity index (χ2n) is 3.78. The van der Waals surface area contributed by atoms with Crippen molar-refractivity contribution in [2.45, 2.75) is 13.5 Å². The number of hydrazone groups is 1. The minimum Gasteiger partial charge on any atom is -0.365 e. The summed E-state index contributed by atoms with van der Waals surface area (Å²) in [6.07, 6.45) is 0. The quantitative estimate of drug-likeness (QED) is 0.583. The maximum Gasteiger partial charge on any atom is 0.263 e. The summed E-state index contributed by atoms with van der Waals surface area (Å²) in [6.45, 7) is 1.72. The van der Waals surface area contributed by atoms with Gasteiger partial charge in [-0.2, -0.15) is 9.90 Å². The van der Waals surface area contributed by atoms with Gasteiger partial charge in [0.1, 0.15) is 6.54 Å². The lowest BCUT2D eigenvalue weighted by atomic mass is 10.1. The lowest BCUT2D eigenvalue weighted by Gasteiger charge is -2.02. The Morgan fingerprint density at radius 3 is 2.79 bits per heavy atom. The van der Waals surface area contributed by atoms with Gasteiger partial charge in [0.2, 0.25) is 0 Å². The molecule has 1 aromatic carbocycles. The van der Waals surface area contributed by atoms with E-state index in [0.29, 0.717) is 5.71 Å². The van der Waals surface area contributed by atoms with Crippen molar-refractivity contribution < 1.29 is 4.79 Å². The molecule has 0 atom stereocenters. The molecule has 0 fully saturated rings. The Morgan fingerprint density at radius 2 is 2.16 bits per heavy atom. The van der Waals surface area contributed by atoms with E-state index in [4.69, 9.17) is 5.73 Å². The third kappa shape index (κ3) is 3.60. The van der Waals surface area contributed by atoms with E-state index in [1.54, 1.807) is 6.92 Å². The Morgan fingerprint density at radius 1 is 1.42 bits per heavy atom. The number of carbonyl (C=O) groups excluding carboxylic acids is 1. The highest BCUT2D eigenvalue weighted by atomic mass is 16.2. The van der Waals surface area contributed by atoms with E-state index in [1.807, 2.05) is 30.3 Å². The van der Waals surface area contributed by atoms with E-state index in [1.165, 1.54) is 0 Å². The van der Waals surface area contributed by atoms with E-state index in [-0.39, 0.29) is 18.4 Å². The van der Waals surface area contributed by atoms with Crippen LogP contribution in [0.25, 0.3) is 0 Å². The minimum absolute atomic E-state index is 0.0248. The van der Waals surface area contributed by atoms with Gasteiger partial charge in [0.25, 0.3) is 11.9 Å². The second-order valence-corrected chi connectivity index (χ2v) is 3.78. The molecule has 0 aliphatic heterocycles. The highest BCUT2D eigenvalue weighted by Gasteiger charge is 2.05. The van der Waals surface area contributed by atoms with Crippen molar-refractivity contribution in [1.29, 1.82) is 0 Å². The number of hydrogen-bond acceptors (Lipinski definition) is 6. The third-order valence-electron chi connectivity index (χ3n) is 2.29. The topological polar surface area (TPSA) is 111 Å². The van der Waals surface area contributed by atoms with Gasteiger partial charge < -0.3 is 5.73 Å². The maximum absolute atomic E-state index is 11.6. The molecule has 1 heterocycles. The first-order chi connectivity index (χ1) is 9.15. The third-order valence-corrected chi connectivity index (χ3v) is 2.29. The minimum atomic E-state index is -0.354. The summed E-state index contributed by atoms with van der Waals surface area (Å²) >= 11 is 0. The number of aromatic nitrogens is 4. The predicted molar refractivity (Wildman–Crippen MR) is 69.0 cm³/mol. The van der Waals surface area contributed by atoms with E-state index in [0.717, 1.165) is 10.4 Å². The summed E-state index contributed by atoms with van der Waals surface area (Å²) in [5, 5.41) is 14.7. The first-order valence-electron chi connectivity index (χ1n) is 5.57. The molecule has 98 valence electrons. The van der Waals surface area contributed by atoms with Crippen LogP contribution in [0.1, 0.15) is 12.5 Å². The van der Waals surface area contributed by atoms with Crippen LogP contribution >= 0.6 is 0 Å². The molecule has 1 amide bonds. The van der Waals surface area contributed by atoms with Crippen LogP contribution in [0.3, 0.4) is 0 Å². The lowest BCUT2D eigenvalue weighted by Crippen LogP contribution is -2.25. The predicted octanol–water partition coefficient (Wildman–Crippen LogP) is -0.204. The first-order valence-corrected chi connectivity index (χ1v) is 5.57. The van der Waals surface area contributed by atoms with Gasteiger partial charge >= 0.3 is 0 Å². The molecular formula is C11H13N7O. The van der Waals surface area contributed by atoms with Gasteiger partial charge in [0, 0.05) is 0 Å². The van der Waals surface area contributed by atoms with Gasteiger partial charge in [0.15, 0.2) is 0 Å². The Bertz CT molecular complexity index is 590. The van der Waals surface area contributed by atoms with E-state index in [2.05, 4.69) is 25.9 Å². The maximum atomic E-state index is 11.6. The standard InChI is InChI=1S/C11H13N7O/c1-8(9-5-3-2-4-6-9)13-14-10(19)7-18-16-11(12)15-17-18/h2-6H,7H2,1H3,(H2,12,16)(H,14,19). The molecule has 0 unspecified atom stereocenters. The van der Waals surface area contributed by atoms with Crippen molar-refractivity contribution in [3.05, 3.63) is 35.9 Å². The van der Waals surface area contributed by atoms with Crippen molar-refractivity contribution in [2.75, 3.05) is 5.73 Å². The number of anilines is 1. The lowest BCUT2D eigenvalue weighted by molar-refractivity contribution is -0.122. The molecule has 2 aromatic rings. The number of carbonyl (C=O) groups is 1. The Kier molecular flexibility index (Phi) is 3.81. The van der Waals surface area contributed by atoms with Gasteiger partial charge in [-0.1, -0.05) is 35.4 Å². The molecule has 8 nitrogen and oxygen atoms in total. The van der Waals surface area contributed by atoms with Crippen LogP contribution in [0.2, 0.25) is 0 Å². The summed E-state index contributed by atoms with van der Waals surface area (Å²) in [4.78, 5) is 12.7. The molecule has 0 bridgehead atoms. The van der Waals surface area contributed by atoms with E-state index in [9.17, 15) is 4.79 Å². The molecule has 0 spiro atoms. The summed E-state index contributed by atoms with van der Waals surface area (Å²) in [7, 11) is 0. The summed E-state index contributed by atoms with van der Waals surface area (Å²) in [5.74, 6) is -0.329. The van der Waals surface area contributed by atoms with Crippen molar-refractivity contribution in [2.24, 2.45) is 5.10 Å². The molecule has 0 saturated heterocycles. The van der Waals surface area contributed by atoms with Crippen LogP contribution in [0.15, 0.2) is 35.4 Å². The zero-order valence-corrected chi connectivity index (χ0v) is 10.3. The highest BCUT2D eigenvalue weighted by Crippen LogP contribution is 1.99. The number of tetrazole rings is 1. The van der Waals surface area contributed by atoms with Gasteiger partial charge in [-0.25, -0.2) is 5.43 Å². The van der Waals surface area contributed by atoms with Crippen molar-refractivity contribution in [3.8, 4) is 0 Å². The largest absolute Gasteiger partial charge is 0.365 e. The molecule has 0 radical (unpaired) electrons. The van der Waals surface area contributed by atoms with Crippen molar-refractivity contribution in [1.82, 2.24) is 25.6 Å². The zero-order valence-electron chi connectivity index (χ0n) is 10.3. The van der Waals surface area contributed by atoms with Gasteiger partial charge in [0.05, 0.1) is 5.71 Å². The number of nitrogen functional groups attached to an aromatic ring is 1. The first kappa shape index (κ1) is 12.7. The average Bonchev–Trinajstić information content (AvgIpc) is 2.82. The van der Waals surface area contributed by atoms with Crippen LogP contribution in [0.5, 0.6) is 0 Å². The van der Waals surface area contributed by atoms with Crippen LogP contribution < -0.4 is 11.2 Å². The summed E-state index contributed by atoms with van der Waals surface area (Å²) in [5.41, 5.74) is 9.35. The number of nitrogens with one attached hydrogen (secondary N) is 1. The number of rotatable bonds is 4. The van der Waals surface area contributed by atoms with Gasteiger partial charge in [-0.05, 0) is 17.7 Å². The molecule has 1 aromatic heterocycles. The molecule has 2 rings (SSSR count). The Balaban J connectivity index is 1.93. The molecular weight excluding hydrogens is 246 g/mol. The smallest absolute Gasteiger partial charge is 0.263 e. The summed E-state index contributed by atoms with van der Waals surface area (Å²) in [6, 6.07) is 9.53. The Labute approximate surface area is 109 Å². The van der Waals surface area contributed by atoms with E-state index >= 15 is 0 Å². The van der Waals surface area contributed by atoms with Crippen LogP contribution in [0, 0.1) is 0 Å². The van der Waals surface area contributed by atoms with Gasteiger partial charge in [-0.3, -0.25) is 4.79 Å². The Hall–Kier alpha value is -2.77. The van der Waals surface area contributed by atoms with E-state index < -0.39 is 0 Å². The molecule has 0 aliphatic carbocycles. The zero-order chi connectivity index (χ0) is 13.7. The summed E-state index contributed by atoms with van der Waals surface area (Å²) < 4.78 is 0. The number of amides is 1. The highest BCUT2D eigenvalue weighted by molar-refractivity contribution is 5.99. The van der Waals surface area contributed by atoms with Crippen LogP contribution in [0.4, 0.5) is 5.95 Å². The molecule has 0 saturated carbocycles. The number of nitrogens with zero attached hydrogens (tertiary/aromatic N) is 5. The van der Waals surface area contributed by atoms with Crippen molar-refractivity contribution in [3.63, 3.8) is 0 Å². The normalized spacial score (nSPS) is 11.3. The molecule has 0 aliphatic rings. The van der Waals surface area contributed by atoms with Crippen LogP contribution in [-0.2, 0) is 11.3 Å². The monoisotopic (exact) mass is 259 g/mol.